The van der Waals surface area contributed by atoms with Crippen molar-refractivity contribution in [3.63, 3.8) is 0 Å². The first-order valence-corrected chi connectivity index (χ1v) is 17.9. The van der Waals surface area contributed by atoms with Gasteiger partial charge < -0.3 is 13.9 Å². The van der Waals surface area contributed by atoms with Crippen LogP contribution in [0.2, 0.25) is 0 Å². The number of anilines is 3. The highest BCUT2D eigenvalue weighted by Crippen LogP contribution is 2.45. The van der Waals surface area contributed by atoms with Gasteiger partial charge in [0, 0.05) is 39.0 Å². The van der Waals surface area contributed by atoms with E-state index in [-0.39, 0.29) is 0 Å². The molecule has 8 aromatic carbocycles. The molecule has 2 heterocycles. The van der Waals surface area contributed by atoms with E-state index in [1.807, 2.05) is 24.3 Å². The average Bonchev–Trinajstić information content (AvgIpc) is 3.82. The summed E-state index contributed by atoms with van der Waals surface area (Å²) >= 11 is 0. The van der Waals surface area contributed by atoms with E-state index in [0.29, 0.717) is 5.89 Å². The van der Waals surface area contributed by atoms with Gasteiger partial charge in [-0.15, -0.1) is 0 Å². The number of aromatic nitrogens is 2. The van der Waals surface area contributed by atoms with Crippen LogP contribution in [0.3, 0.4) is 0 Å². The molecule has 0 bridgehead atoms. The minimum absolute atomic E-state index is 0.616. The van der Waals surface area contributed by atoms with Crippen LogP contribution in [0.5, 0.6) is 0 Å². The van der Waals surface area contributed by atoms with Crippen molar-refractivity contribution in [2.24, 2.45) is 0 Å². The quantitative estimate of drug-likeness (QED) is 0.168. The maximum absolute atomic E-state index is 6.37. The zero-order valence-electron chi connectivity index (χ0n) is 28.8. The molecular formula is C49H33N3O. The molecule has 2 aromatic heterocycles. The third-order valence-corrected chi connectivity index (χ3v) is 10.0. The van der Waals surface area contributed by atoms with Crippen LogP contribution in [0.4, 0.5) is 17.1 Å². The normalized spacial score (nSPS) is 11.4. The highest BCUT2D eigenvalue weighted by atomic mass is 16.3. The standard InChI is InChI=1S/C49H33N3O/c1-4-15-34(16-5-1)35-27-29-38(30-28-35)51(44-24-12-10-21-40(44)36-17-6-2-7-18-36)39-31-32-41-46(33-39)52(37-19-8-3-9-20-37)45-25-14-22-42(48(41)45)49-50-43-23-11-13-26-47(43)53-49/h1-33H. The van der Waals surface area contributed by atoms with Crippen molar-refractivity contribution in [2.75, 3.05) is 4.90 Å². The van der Waals surface area contributed by atoms with Gasteiger partial charge in [-0.1, -0.05) is 133 Å². The molecule has 0 aliphatic rings. The number of nitrogens with zero attached hydrogens (tertiary/aromatic N) is 3. The minimum Gasteiger partial charge on any atom is -0.436 e. The van der Waals surface area contributed by atoms with Crippen molar-refractivity contribution in [2.45, 2.75) is 0 Å². The van der Waals surface area contributed by atoms with E-state index in [9.17, 15) is 0 Å². The molecule has 4 nitrogen and oxygen atoms in total. The van der Waals surface area contributed by atoms with E-state index in [0.717, 1.165) is 72.3 Å². The molecule has 0 N–H and O–H groups in total. The van der Waals surface area contributed by atoms with Gasteiger partial charge in [-0.3, -0.25) is 0 Å². The van der Waals surface area contributed by atoms with Crippen LogP contribution < -0.4 is 4.90 Å². The molecule has 0 atom stereocenters. The summed E-state index contributed by atoms with van der Waals surface area (Å²) in [5, 5.41) is 2.23. The molecule has 0 aliphatic heterocycles. The van der Waals surface area contributed by atoms with Gasteiger partial charge in [0.25, 0.3) is 0 Å². The lowest BCUT2D eigenvalue weighted by Crippen LogP contribution is -2.11. The predicted molar refractivity (Wildman–Crippen MR) is 219 cm³/mol. The minimum atomic E-state index is 0.616. The second-order valence-electron chi connectivity index (χ2n) is 13.2. The first-order valence-electron chi connectivity index (χ1n) is 17.9. The Morgan fingerprint density at radius 3 is 1.85 bits per heavy atom. The van der Waals surface area contributed by atoms with Crippen molar-refractivity contribution >= 4 is 50.0 Å². The van der Waals surface area contributed by atoms with Crippen LogP contribution in [0.25, 0.3) is 72.3 Å². The van der Waals surface area contributed by atoms with Gasteiger partial charge in [0.1, 0.15) is 5.52 Å². The van der Waals surface area contributed by atoms with Crippen molar-refractivity contribution in [3.05, 3.63) is 200 Å². The third kappa shape index (κ3) is 5.36. The van der Waals surface area contributed by atoms with Crippen molar-refractivity contribution in [1.82, 2.24) is 9.55 Å². The Hall–Kier alpha value is -7.17. The van der Waals surface area contributed by atoms with Crippen LogP contribution in [-0.4, -0.2) is 9.55 Å². The number of oxazole rings is 1. The van der Waals surface area contributed by atoms with Gasteiger partial charge in [-0.2, -0.15) is 0 Å². The predicted octanol–water partition coefficient (Wildman–Crippen LogP) is 13.4. The van der Waals surface area contributed by atoms with Crippen molar-refractivity contribution < 1.29 is 4.42 Å². The highest BCUT2D eigenvalue weighted by molar-refractivity contribution is 6.16. The number of rotatable bonds is 7. The van der Waals surface area contributed by atoms with Gasteiger partial charge in [0.05, 0.1) is 16.7 Å². The monoisotopic (exact) mass is 679 g/mol. The van der Waals surface area contributed by atoms with Crippen molar-refractivity contribution in [1.29, 1.82) is 0 Å². The highest BCUT2D eigenvalue weighted by Gasteiger charge is 2.22. The fourth-order valence-electron chi connectivity index (χ4n) is 7.61. The second kappa shape index (κ2) is 12.9. The Balaban J connectivity index is 1.23. The van der Waals surface area contributed by atoms with Gasteiger partial charge in [0.2, 0.25) is 5.89 Å². The average molecular weight is 680 g/mol. The van der Waals surface area contributed by atoms with E-state index < -0.39 is 0 Å². The molecule has 10 rings (SSSR count). The maximum atomic E-state index is 6.37. The molecule has 0 fully saturated rings. The Bertz CT molecular complexity index is 2840. The van der Waals surface area contributed by atoms with Crippen LogP contribution >= 0.6 is 0 Å². The molecule has 0 amide bonds. The van der Waals surface area contributed by atoms with E-state index in [4.69, 9.17) is 9.40 Å². The van der Waals surface area contributed by atoms with Gasteiger partial charge in [0.15, 0.2) is 5.58 Å². The Morgan fingerprint density at radius 2 is 1.08 bits per heavy atom. The van der Waals surface area contributed by atoms with Crippen LogP contribution in [0, 0.1) is 0 Å². The van der Waals surface area contributed by atoms with Gasteiger partial charge in [-0.25, -0.2) is 4.98 Å². The van der Waals surface area contributed by atoms with Crippen LogP contribution in [0.15, 0.2) is 205 Å². The third-order valence-electron chi connectivity index (χ3n) is 10.0. The Morgan fingerprint density at radius 1 is 0.453 bits per heavy atom. The van der Waals surface area contributed by atoms with Crippen LogP contribution in [0.1, 0.15) is 0 Å². The molecular weight excluding hydrogens is 647 g/mol. The molecule has 10 aromatic rings. The van der Waals surface area contributed by atoms with Crippen LogP contribution in [-0.2, 0) is 0 Å². The van der Waals surface area contributed by atoms with E-state index in [1.165, 1.54) is 11.1 Å². The SMILES string of the molecule is c1ccc(-c2ccc(N(c3ccc4c5c(-c6nc7ccccc7o6)cccc5n(-c5ccccc5)c4c3)c3ccccc3-c3ccccc3)cc2)cc1. The molecule has 250 valence electrons. The molecule has 0 radical (unpaired) electrons. The molecule has 0 spiro atoms. The summed E-state index contributed by atoms with van der Waals surface area (Å²) in [6, 6.07) is 70.5. The van der Waals surface area contributed by atoms with E-state index >= 15 is 0 Å². The summed E-state index contributed by atoms with van der Waals surface area (Å²) in [6.45, 7) is 0. The lowest BCUT2D eigenvalue weighted by atomic mass is 10.0. The van der Waals surface area contributed by atoms with Crippen molar-refractivity contribution in [3.8, 4) is 39.4 Å². The summed E-state index contributed by atoms with van der Waals surface area (Å²) in [6.07, 6.45) is 0. The zero-order valence-corrected chi connectivity index (χ0v) is 28.8. The second-order valence-corrected chi connectivity index (χ2v) is 13.2. The summed E-state index contributed by atoms with van der Waals surface area (Å²) in [7, 11) is 0. The fraction of sp³-hybridized carbons (Fsp3) is 0. The number of fused-ring (bicyclic) bond motifs is 4. The molecule has 0 saturated carbocycles. The first-order chi connectivity index (χ1) is 26.3. The number of benzene rings is 8. The van der Waals surface area contributed by atoms with E-state index in [1.54, 1.807) is 0 Å². The number of hydrogen-bond acceptors (Lipinski definition) is 3. The maximum Gasteiger partial charge on any atom is 0.228 e. The van der Waals surface area contributed by atoms with E-state index in [2.05, 4.69) is 185 Å². The largest absolute Gasteiger partial charge is 0.436 e. The zero-order chi connectivity index (χ0) is 35.1. The smallest absolute Gasteiger partial charge is 0.228 e. The lowest BCUT2D eigenvalue weighted by molar-refractivity contribution is 0.620. The lowest BCUT2D eigenvalue weighted by Gasteiger charge is -2.28. The summed E-state index contributed by atoms with van der Waals surface area (Å²) in [5.41, 5.74) is 13.8. The summed E-state index contributed by atoms with van der Waals surface area (Å²) in [5.74, 6) is 0.616. The molecule has 4 heteroatoms. The van der Waals surface area contributed by atoms with Gasteiger partial charge in [-0.05, 0) is 83.4 Å². The summed E-state index contributed by atoms with van der Waals surface area (Å²) < 4.78 is 8.73. The number of para-hydroxylation sites is 4. The Kier molecular flexibility index (Phi) is 7.43. The van der Waals surface area contributed by atoms with Gasteiger partial charge >= 0.3 is 0 Å². The molecule has 0 aliphatic carbocycles. The molecule has 0 unspecified atom stereocenters. The molecule has 0 saturated heterocycles. The summed E-state index contributed by atoms with van der Waals surface area (Å²) in [4.78, 5) is 7.31. The molecule has 53 heavy (non-hydrogen) atoms. The first kappa shape index (κ1) is 30.6. The Labute approximate surface area is 307 Å². The fourth-order valence-corrected chi connectivity index (χ4v) is 7.61. The topological polar surface area (TPSA) is 34.2 Å². The number of hydrogen-bond donors (Lipinski definition) is 0.